The van der Waals surface area contributed by atoms with Gasteiger partial charge in [-0.25, -0.2) is 4.98 Å². The second kappa shape index (κ2) is 6.15. The highest BCUT2D eigenvalue weighted by Gasteiger charge is 2.04. The van der Waals surface area contributed by atoms with E-state index in [1.807, 2.05) is 0 Å². The monoisotopic (exact) mass is 277 g/mol. The summed E-state index contributed by atoms with van der Waals surface area (Å²) in [5.41, 5.74) is 0.388. The van der Waals surface area contributed by atoms with Gasteiger partial charge in [-0.05, 0) is 24.3 Å². The van der Waals surface area contributed by atoms with E-state index in [0.29, 0.717) is 23.7 Å². The average molecular weight is 278 g/mol. The molecule has 98 valence electrons. The molecule has 1 amide bonds. The van der Waals surface area contributed by atoms with Crippen LogP contribution in [0, 0.1) is 0 Å². The van der Waals surface area contributed by atoms with Crippen molar-refractivity contribution in [1.82, 2.24) is 14.9 Å². The number of hydrogen-bond donors (Lipinski definition) is 1. The number of rotatable bonds is 4. The van der Waals surface area contributed by atoms with Crippen molar-refractivity contribution >= 4 is 17.5 Å². The molecule has 2 rings (SSSR count). The Morgan fingerprint density at radius 2 is 2.00 bits per heavy atom. The van der Waals surface area contributed by atoms with Crippen LogP contribution in [0.15, 0.2) is 47.7 Å². The third-order valence-corrected chi connectivity index (χ3v) is 2.79. The van der Waals surface area contributed by atoms with Gasteiger partial charge < -0.3 is 5.32 Å². The van der Waals surface area contributed by atoms with Crippen LogP contribution in [0.5, 0.6) is 0 Å². The molecular weight excluding hydrogens is 266 g/mol. The Morgan fingerprint density at radius 3 is 2.68 bits per heavy atom. The van der Waals surface area contributed by atoms with Crippen LogP contribution in [0.25, 0.3) is 0 Å². The van der Waals surface area contributed by atoms with E-state index in [4.69, 9.17) is 11.6 Å². The van der Waals surface area contributed by atoms with Crippen LogP contribution >= 0.6 is 11.6 Å². The molecule has 0 aliphatic rings. The van der Waals surface area contributed by atoms with Crippen LogP contribution in [-0.4, -0.2) is 22.0 Å². The lowest BCUT2D eigenvalue weighted by atomic mass is 10.2. The summed E-state index contributed by atoms with van der Waals surface area (Å²) in [4.78, 5) is 27.0. The zero-order chi connectivity index (χ0) is 13.7. The number of hydrogen-bond acceptors (Lipinski definition) is 3. The second-order valence-electron chi connectivity index (χ2n) is 3.87. The maximum atomic E-state index is 11.8. The maximum Gasteiger partial charge on any atom is 0.253 e. The standard InChI is InChI=1S/C13H12ClN3O2/c14-11-3-1-10(2-4-11)13(19)16-7-8-17-9-15-6-5-12(17)18/h1-6,9H,7-8H2,(H,16,19). The molecule has 0 unspecified atom stereocenters. The largest absolute Gasteiger partial charge is 0.350 e. The third kappa shape index (κ3) is 3.66. The normalized spacial score (nSPS) is 10.2. The first kappa shape index (κ1) is 13.3. The molecule has 5 nitrogen and oxygen atoms in total. The smallest absolute Gasteiger partial charge is 0.253 e. The number of halogens is 1. The minimum absolute atomic E-state index is 0.143. The number of nitrogens with zero attached hydrogens (tertiary/aromatic N) is 2. The molecule has 0 aliphatic heterocycles. The predicted octanol–water partition coefficient (Wildman–Crippen LogP) is 1.33. The van der Waals surface area contributed by atoms with Crippen molar-refractivity contribution in [1.29, 1.82) is 0 Å². The summed E-state index contributed by atoms with van der Waals surface area (Å²) in [6.07, 6.45) is 2.88. The molecule has 1 heterocycles. The fraction of sp³-hybridized carbons (Fsp3) is 0.154. The Hall–Kier alpha value is -2.14. The quantitative estimate of drug-likeness (QED) is 0.917. The van der Waals surface area contributed by atoms with Gasteiger partial charge in [0.05, 0.1) is 6.33 Å². The van der Waals surface area contributed by atoms with Crippen LogP contribution in [0.4, 0.5) is 0 Å². The summed E-state index contributed by atoms with van der Waals surface area (Å²) in [6, 6.07) is 7.98. The molecule has 0 spiro atoms. The van der Waals surface area contributed by atoms with E-state index in [-0.39, 0.29) is 11.5 Å². The molecule has 0 saturated heterocycles. The Balaban J connectivity index is 1.89. The highest BCUT2D eigenvalue weighted by atomic mass is 35.5. The minimum atomic E-state index is -0.200. The van der Waals surface area contributed by atoms with Crippen molar-refractivity contribution in [3.63, 3.8) is 0 Å². The van der Waals surface area contributed by atoms with Crippen molar-refractivity contribution in [2.45, 2.75) is 6.54 Å². The molecule has 0 saturated carbocycles. The molecule has 0 atom stereocenters. The van der Waals surface area contributed by atoms with Crippen LogP contribution in [-0.2, 0) is 6.54 Å². The minimum Gasteiger partial charge on any atom is -0.350 e. The zero-order valence-corrected chi connectivity index (χ0v) is 10.8. The molecule has 0 bridgehead atoms. The van der Waals surface area contributed by atoms with Crippen molar-refractivity contribution in [3.8, 4) is 0 Å². The highest BCUT2D eigenvalue weighted by Crippen LogP contribution is 2.09. The Labute approximate surface area is 114 Å². The van der Waals surface area contributed by atoms with Crippen LogP contribution in [0.3, 0.4) is 0 Å². The molecule has 0 aliphatic carbocycles. The second-order valence-corrected chi connectivity index (χ2v) is 4.31. The summed E-state index contributed by atoms with van der Waals surface area (Å²) < 4.78 is 1.43. The number of benzene rings is 1. The van der Waals surface area contributed by atoms with E-state index < -0.39 is 0 Å². The Morgan fingerprint density at radius 1 is 1.26 bits per heavy atom. The van der Waals surface area contributed by atoms with Gasteiger partial charge in [0.2, 0.25) is 0 Å². The van der Waals surface area contributed by atoms with E-state index in [2.05, 4.69) is 10.3 Å². The van der Waals surface area contributed by atoms with Crippen molar-refractivity contribution < 1.29 is 4.79 Å². The Kier molecular flexibility index (Phi) is 4.30. The topological polar surface area (TPSA) is 64.0 Å². The van der Waals surface area contributed by atoms with Crippen molar-refractivity contribution in [3.05, 3.63) is 63.8 Å². The van der Waals surface area contributed by atoms with Gasteiger partial charge in [-0.1, -0.05) is 11.6 Å². The first-order valence-electron chi connectivity index (χ1n) is 5.71. The molecule has 1 N–H and O–H groups in total. The number of amides is 1. The summed E-state index contributed by atoms with van der Waals surface area (Å²) in [6.45, 7) is 0.735. The van der Waals surface area contributed by atoms with Gasteiger partial charge in [0, 0.05) is 35.9 Å². The molecule has 2 aromatic rings. The number of nitrogens with one attached hydrogen (secondary N) is 1. The Bertz CT molecular complexity index is 622. The first-order valence-corrected chi connectivity index (χ1v) is 6.09. The highest BCUT2D eigenvalue weighted by molar-refractivity contribution is 6.30. The van der Waals surface area contributed by atoms with E-state index in [0.717, 1.165) is 0 Å². The van der Waals surface area contributed by atoms with E-state index in [9.17, 15) is 9.59 Å². The molecule has 1 aromatic carbocycles. The van der Waals surface area contributed by atoms with Gasteiger partial charge in [-0.3, -0.25) is 14.2 Å². The number of carbonyl (C=O) groups excluding carboxylic acids is 1. The predicted molar refractivity (Wildman–Crippen MR) is 72.3 cm³/mol. The van der Waals surface area contributed by atoms with E-state index >= 15 is 0 Å². The molecule has 0 fully saturated rings. The number of carbonyl (C=O) groups is 1. The first-order chi connectivity index (χ1) is 9.16. The van der Waals surface area contributed by atoms with Crippen molar-refractivity contribution in [2.24, 2.45) is 0 Å². The summed E-state index contributed by atoms with van der Waals surface area (Å²) in [7, 11) is 0. The molecule has 0 radical (unpaired) electrons. The molecule has 6 heteroatoms. The van der Waals surface area contributed by atoms with Crippen molar-refractivity contribution in [2.75, 3.05) is 6.54 Å². The van der Waals surface area contributed by atoms with Crippen LogP contribution < -0.4 is 10.9 Å². The molecular formula is C13H12ClN3O2. The van der Waals surface area contributed by atoms with Crippen LogP contribution in [0.1, 0.15) is 10.4 Å². The van der Waals surface area contributed by atoms with Gasteiger partial charge in [-0.2, -0.15) is 0 Å². The maximum absolute atomic E-state index is 11.8. The van der Waals surface area contributed by atoms with Gasteiger partial charge in [0.1, 0.15) is 0 Å². The molecule has 1 aromatic heterocycles. The SMILES string of the molecule is O=C(NCCn1cnccc1=O)c1ccc(Cl)cc1. The summed E-state index contributed by atoms with van der Waals surface area (Å²) in [5, 5.41) is 3.31. The van der Waals surface area contributed by atoms with Gasteiger partial charge in [0.25, 0.3) is 11.5 Å². The lowest BCUT2D eigenvalue weighted by Crippen LogP contribution is -2.30. The van der Waals surface area contributed by atoms with E-state index in [1.54, 1.807) is 24.3 Å². The molecule has 19 heavy (non-hydrogen) atoms. The van der Waals surface area contributed by atoms with Gasteiger partial charge >= 0.3 is 0 Å². The lowest BCUT2D eigenvalue weighted by molar-refractivity contribution is 0.0952. The number of aromatic nitrogens is 2. The average Bonchev–Trinajstić information content (AvgIpc) is 2.41. The van der Waals surface area contributed by atoms with E-state index in [1.165, 1.54) is 23.2 Å². The summed E-state index contributed by atoms with van der Waals surface area (Å²) in [5.74, 6) is -0.200. The van der Waals surface area contributed by atoms with Gasteiger partial charge in [0.15, 0.2) is 0 Å². The third-order valence-electron chi connectivity index (χ3n) is 2.54. The van der Waals surface area contributed by atoms with Gasteiger partial charge in [-0.15, -0.1) is 0 Å². The fourth-order valence-corrected chi connectivity index (χ4v) is 1.67. The lowest BCUT2D eigenvalue weighted by Gasteiger charge is -2.06. The summed E-state index contributed by atoms with van der Waals surface area (Å²) >= 11 is 5.74. The van der Waals surface area contributed by atoms with Crippen LogP contribution in [0.2, 0.25) is 5.02 Å². The zero-order valence-electron chi connectivity index (χ0n) is 10.0. The fourth-order valence-electron chi connectivity index (χ4n) is 1.54.